The van der Waals surface area contributed by atoms with Crippen LogP contribution in [0.4, 0.5) is 18.9 Å². The van der Waals surface area contributed by atoms with Crippen molar-refractivity contribution in [2.24, 2.45) is 0 Å². The number of likely N-dealkylation sites (tertiary alicyclic amines) is 1. The van der Waals surface area contributed by atoms with Crippen molar-refractivity contribution in [1.29, 1.82) is 0 Å². The molecule has 3 aromatic heterocycles. The average molecular weight is 846 g/mol. The Hall–Kier alpha value is -6.17. The Kier molecular flexibility index (Phi) is 13.9. The van der Waals surface area contributed by atoms with Crippen LogP contribution in [0.15, 0.2) is 65.4 Å². The summed E-state index contributed by atoms with van der Waals surface area (Å²) in [5.74, 6) is -2.58. The number of nitrogens with one attached hydrogen (secondary N) is 3. The monoisotopic (exact) mass is 845 g/mol. The maximum atomic E-state index is 12.7. The molecule has 2 aliphatic rings. The summed E-state index contributed by atoms with van der Waals surface area (Å²) in [5.41, 5.74) is 7.82. The van der Waals surface area contributed by atoms with Gasteiger partial charge in [0.05, 0.1) is 6.20 Å². The van der Waals surface area contributed by atoms with Crippen LogP contribution in [0.1, 0.15) is 98.4 Å². The minimum absolute atomic E-state index is 0.0349. The van der Waals surface area contributed by atoms with E-state index in [0.717, 1.165) is 90.8 Å². The fourth-order valence-corrected chi connectivity index (χ4v) is 7.24. The molecule has 0 bridgehead atoms. The molecule has 0 saturated carbocycles. The number of halogens is 3. The zero-order valence-corrected chi connectivity index (χ0v) is 34.5. The first-order valence-corrected chi connectivity index (χ1v) is 20.2. The third-order valence-electron chi connectivity index (χ3n) is 10.7. The number of piperidine rings is 2. The van der Waals surface area contributed by atoms with E-state index in [0.29, 0.717) is 31.2 Å². The van der Waals surface area contributed by atoms with Gasteiger partial charge in [0.1, 0.15) is 17.1 Å². The number of hydrogen-bond acceptors (Lipinski definition) is 11. The lowest BCUT2D eigenvalue weighted by molar-refractivity contribution is -0.192. The molecule has 2 fully saturated rings. The molecular formula is C43H50F3N9O6. The fraction of sp³-hybridized carbons (Fsp3) is 0.442. The van der Waals surface area contributed by atoms with Gasteiger partial charge in [0, 0.05) is 42.4 Å². The van der Waals surface area contributed by atoms with Crippen LogP contribution in [0.25, 0.3) is 22.2 Å². The highest BCUT2D eigenvalue weighted by molar-refractivity contribution is 6.01. The molecule has 18 heteroatoms. The molecule has 3 amide bonds. The van der Waals surface area contributed by atoms with Crippen molar-refractivity contribution in [3.05, 3.63) is 89.3 Å². The van der Waals surface area contributed by atoms with Crippen LogP contribution in [-0.2, 0) is 32.9 Å². The molecule has 4 N–H and O–H groups in total. The van der Waals surface area contributed by atoms with Crippen LogP contribution in [0.2, 0.25) is 0 Å². The zero-order valence-electron chi connectivity index (χ0n) is 34.5. The summed E-state index contributed by atoms with van der Waals surface area (Å²) in [7, 11) is 0. The standard InChI is InChI=1S/C41H49N9O4.C2HF3O2/c1-26-23-29(7-8-30(26)24-43-39(53)37-46-40(54-48-37)41(2,3)4)32-15-18-42-34-25-50(47-36(32)34)20-6-5-19-49-21-16-28(17-22-49)27-9-11-31(12-10-27)44-33-13-14-35(51)45-38(33)52;3-2(4,5)1(6)7/h7-12,15,18,23,25,28,33,44H,5-6,13-14,16-17,19-22,24H2,1-4H3,(H,43,53)(H,45,51,52);(H,6,7). The molecule has 2 aliphatic heterocycles. The number of aryl methyl sites for hydroxylation is 2. The van der Waals surface area contributed by atoms with E-state index in [1.54, 1.807) is 0 Å². The number of carbonyl (C=O) groups is 4. The maximum absolute atomic E-state index is 12.7. The Morgan fingerprint density at radius 2 is 1.69 bits per heavy atom. The predicted octanol–water partition coefficient (Wildman–Crippen LogP) is 6.53. The van der Waals surface area contributed by atoms with Crippen LogP contribution >= 0.6 is 0 Å². The number of nitrogens with zero attached hydrogens (tertiary/aromatic N) is 6. The fourth-order valence-electron chi connectivity index (χ4n) is 7.24. The van der Waals surface area contributed by atoms with Gasteiger partial charge in [-0.25, -0.2) is 4.79 Å². The molecule has 1 unspecified atom stereocenters. The molecule has 5 heterocycles. The van der Waals surface area contributed by atoms with E-state index >= 15 is 0 Å². The van der Waals surface area contributed by atoms with Crippen LogP contribution in [0.5, 0.6) is 0 Å². The minimum Gasteiger partial charge on any atom is -0.475 e. The number of aromatic nitrogens is 5. The first-order chi connectivity index (χ1) is 28.9. The van der Waals surface area contributed by atoms with Crippen LogP contribution in [0, 0.1) is 6.92 Å². The minimum atomic E-state index is -5.08. The van der Waals surface area contributed by atoms with E-state index in [2.05, 4.69) is 60.2 Å². The first-order valence-electron chi connectivity index (χ1n) is 20.2. The average Bonchev–Trinajstić information content (AvgIpc) is 3.89. The van der Waals surface area contributed by atoms with E-state index in [9.17, 15) is 27.6 Å². The molecule has 0 radical (unpaired) electrons. The maximum Gasteiger partial charge on any atom is 0.490 e. The van der Waals surface area contributed by atoms with Gasteiger partial charge in [-0.3, -0.25) is 29.4 Å². The van der Waals surface area contributed by atoms with Gasteiger partial charge >= 0.3 is 12.1 Å². The lowest BCUT2D eigenvalue weighted by atomic mass is 9.89. The highest BCUT2D eigenvalue weighted by Crippen LogP contribution is 2.31. The van der Waals surface area contributed by atoms with Gasteiger partial charge in [0.15, 0.2) is 0 Å². The summed E-state index contributed by atoms with van der Waals surface area (Å²) >= 11 is 0. The Morgan fingerprint density at radius 1 is 0.984 bits per heavy atom. The smallest absolute Gasteiger partial charge is 0.475 e. The number of carbonyl (C=O) groups excluding carboxylic acids is 3. The van der Waals surface area contributed by atoms with Crippen molar-refractivity contribution in [2.45, 2.75) is 103 Å². The zero-order chi connectivity index (χ0) is 43.9. The number of unbranched alkanes of at least 4 members (excludes halogenated alkanes) is 1. The highest BCUT2D eigenvalue weighted by atomic mass is 19.4. The van der Waals surface area contributed by atoms with Crippen molar-refractivity contribution >= 4 is 40.4 Å². The van der Waals surface area contributed by atoms with Crippen LogP contribution in [-0.4, -0.2) is 90.5 Å². The van der Waals surface area contributed by atoms with Gasteiger partial charge < -0.3 is 25.2 Å². The normalized spacial score (nSPS) is 16.5. The van der Waals surface area contributed by atoms with Crippen molar-refractivity contribution in [3.8, 4) is 11.1 Å². The van der Waals surface area contributed by atoms with Gasteiger partial charge in [-0.2, -0.15) is 23.3 Å². The van der Waals surface area contributed by atoms with Crippen molar-refractivity contribution in [1.82, 2.24) is 40.4 Å². The predicted molar refractivity (Wildman–Crippen MR) is 219 cm³/mol. The number of alkyl halides is 3. The molecule has 5 aromatic rings. The van der Waals surface area contributed by atoms with Gasteiger partial charge in [-0.15, -0.1) is 0 Å². The van der Waals surface area contributed by atoms with E-state index in [-0.39, 0.29) is 35.0 Å². The molecule has 2 aromatic carbocycles. The summed E-state index contributed by atoms with van der Waals surface area (Å²) in [6.07, 6.45) is 4.07. The Labute approximate surface area is 350 Å². The number of fused-ring (bicyclic) bond motifs is 1. The summed E-state index contributed by atoms with van der Waals surface area (Å²) in [5, 5.41) is 24.5. The molecular weight excluding hydrogens is 796 g/mol. The topological polar surface area (TPSA) is 197 Å². The highest BCUT2D eigenvalue weighted by Gasteiger charge is 2.38. The molecule has 324 valence electrons. The Morgan fingerprint density at radius 3 is 2.33 bits per heavy atom. The second-order valence-corrected chi connectivity index (χ2v) is 16.4. The summed E-state index contributed by atoms with van der Waals surface area (Å²) in [6.45, 7) is 12.3. The summed E-state index contributed by atoms with van der Waals surface area (Å²) in [4.78, 5) is 56.5. The van der Waals surface area contributed by atoms with Crippen molar-refractivity contribution < 1.29 is 42.0 Å². The van der Waals surface area contributed by atoms with E-state index in [4.69, 9.17) is 19.5 Å². The number of amides is 3. The molecule has 2 saturated heterocycles. The Bertz CT molecular complexity index is 2350. The van der Waals surface area contributed by atoms with E-state index in [1.165, 1.54) is 5.56 Å². The van der Waals surface area contributed by atoms with Crippen LogP contribution < -0.4 is 16.0 Å². The van der Waals surface area contributed by atoms with E-state index < -0.39 is 12.1 Å². The van der Waals surface area contributed by atoms with Gasteiger partial charge in [0.25, 0.3) is 11.7 Å². The molecule has 0 spiro atoms. The summed E-state index contributed by atoms with van der Waals surface area (Å²) < 4.78 is 39.0. The molecule has 7 rings (SSSR count). The second-order valence-electron chi connectivity index (χ2n) is 16.4. The number of benzene rings is 2. The van der Waals surface area contributed by atoms with E-state index in [1.807, 2.05) is 69.0 Å². The van der Waals surface area contributed by atoms with Gasteiger partial charge in [-0.1, -0.05) is 56.3 Å². The lowest BCUT2D eigenvalue weighted by Crippen LogP contribution is -2.47. The Balaban J connectivity index is 0.000000819. The molecule has 15 nitrogen and oxygen atoms in total. The number of imide groups is 1. The van der Waals surface area contributed by atoms with Gasteiger partial charge in [-0.05, 0) is 105 Å². The van der Waals surface area contributed by atoms with Crippen LogP contribution in [0.3, 0.4) is 0 Å². The number of hydrogen-bond donors (Lipinski definition) is 4. The third-order valence-corrected chi connectivity index (χ3v) is 10.7. The quantitative estimate of drug-likeness (QED) is 0.0784. The first kappa shape index (κ1) is 44.4. The number of anilines is 1. The van der Waals surface area contributed by atoms with Crippen molar-refractivity contribution in [3.63, 3.8) is 0 Å². The van der Waals surface area contributed by atoms with Crippen molar-refractivity contribution in [2.75, 3.05) is 25.0 Å². The number of pyridine rings is 1. The number of carboxylic acids is 1. The van der Waals surface area contributed by atoms with Gasteiger partial charge in [0.2, 0.25) is 17.7 Å². The number of aliphatic carboxylic acids is 1. The number of carboxylic acid groups (broad SMARTS) is 1. The molecule has 1 atom stereocenters. The third kappa shape index (κ3) is 11.8. The molecule has 61 heavy (non-hydrogen) atoms. The lowest BCUT2D eigenvalue weighted by Gasteiger charge is -2.32. The summed E-state index contributed by atoms with van der Waals surface area (Å²) in [6, 6.07) is 16.3. The largest absolute Gasteiger partial charge is 0.490 e. The second kappa shape index (κ2) is 19.0. The SMILES string of the molecule is Cc1cc(-c2ccnc3cn(CCCCN4CCC(c5ccc(NC6CCC(=O)NC6=O)cc5)CC4)nc23)ccc1CNC(=O)c1noc(C(C)(C)C)n1.O=C(O)C(F)(F)F. The number of rotatable bonds is 12. The molecule has 0 aliphatic carbocycles.